The van der Waals surface area contributed by atoms with Crippen LogP contribution in [0.3, 0.4) is 0 Å². The molecule has 0 heterocycles. The zero-order chi connectivity index (χ0) is 14.1. The fourth-order valence-corrected chi connectivity index (χ4v) is 3.56. The lowest BCUT2D eigenvalue weighted by Gasteiger charge is -2.14. The van der Waals surface area contributed by atoms with E-state index in [2.05, 4.69) is 63.7 Å². The van der Waals surface area contributed by atoms with Crippen molar-refractivity contribution in [2.45, 2.75) is 0 Å². The molecule has 2 N–H and O–H groups in total. The first kappa shape index (κ1) is 16.7. The first-order valence-corrected chi connectivity index (χ1v) is 9.06. The van der Waals surface area contributed by atoms with E-state index in [1.54, 1.807) is 0 Å². The molecular formula is C8H6Br4O5S. The molecule has 0 aliphatic rings. The SMILES string of the molecule is O=S(=O)(O)CCOc1c(Br)c(Br)c(O)c(Br)c1Br. The highest BCUT2D eigenvalue weighted by molar-refractivity contribution is 9.14. The Morgan fingerprint density at radius 2 is 1.44 bits per heavy atom. The van der Waals surface area contributed by atoms with E-state index >= 15 is 0 Å². The Labute approximate surface area is 137 Å². The third-order valence-corrected chi connectivity index (χ3v) is 6.59. The fourth-order valence-electron chi connectivity index (χ4n) is 0.976. The van der Waals surface area contributed by atoms with Gasteiger partial charge in [0.05, 0.1) is 17.9 Å². The molecular weight excluding hydrogens is 528 g/mol. The van der Waals surface area contributed by atoms with Crippen LogP contribution in [0.15, 0.2) is 17.9 Å². The standard InChI is InChI=1S/C8H6Br4O5S/c9-3-5(11)8(6(12)4(10)7(3)13)17-1-2-18(14,15)16/h13H,1-2H2,(H,14,15,16). The van der Waals surface area contributed by atoms with Gasteiger partial charge in [-0.3, -0.25) is 4.55 Å². The highest BCUT2D eigenvalue weighted by atomic mass is 79.9. The monoisotopic (exact) mass is 530 g/mol. The molecule has 0 saturated heterocycles. The van der Waals surface area contributed by atoms with Crippen LogP contribution < -0.4 is 4.74 Å². The summed E-state index contributed by atoms with van der Waals surface area (Å²) >= 11 is 12.7. The molecule has 0 aliphatic heterocycles. The third kappa shape index (κ3) is 4.07. The number of ether oxygens (including phenoxy) is 1. The number of hydrogen-bond acceptors (Lipinski definition) is 4. The van der Waals surface area contributed by atoms with Crippen LogP contribution in [-0.2, 0) is 10.1 Å². The number of rotatable bonds is 4. The van der Waals surface area contributed by atoms with Gasteiger partial charge in [-0.25, -0.2) is 0 Å². The van der Waals surface area contributed by atoms with Gasteiger partial charge in [-0.05, 0) is 63.7 Å². The highest BCUT2D eigenvalue weighted by Crippen LogP contribution is 2.49. The van der Waals surface area contributed by atoms with Gasteiger partial charge in [-0.15, -0.1) is 0 Å². The van der Waals surface area contributed by atoms with E-state index in [1.165, 1.54) is 0 Å². The van der Waals surface area contributed by atoms with E-state index in [4.69, 9.17) is 9.29 Å². The van der Waals surface area contributed by atoms with Crippen LogP contribution in [0, 0.1) is 0 Å². The van der Waals surface area contributed by atoms with Crippen molar-refractivity contribution in [3.05, 3.63) is 17.9 Å². The topological polar surface area (TPSA) is 83.8 Å². The van der Waals surface area contributed by atoms with Crippen molar-refractivity contribution in [3.8, 4) is 11.5 Å². The predicted molar refractivity (Wildman–Crippen MR) is 80.8 cm³/mol. The molecule has 0 fully saturated rings. The van der Waals surface area contributed by atoms with Crippen LogP contribution in [0.25, 0.3) is 0 Å². The minimum Gasteiger partial charge on any atom is -0.505 e. The first-order valence-electron chi connectivity index (χ1n) is 4.28. The smallest absolute Gasteiger partial charge is 0.268 e. The Hall–Kier alpha value is 0.650. The molecule has 18 heavy (non-hydrogen) atoms. The quantitative estimate of drug-likeness (QED) is 0.455. The van der Waals surface area contributed by atoms with Gasteiger partial charge in [-0.2, -0.15) is 8.42 Å². The molecule has 0 unspecified atom stereocenters. The molecule has 0 amide bonds. The molecule has 1 rings (SSSR count). The Morgan fingerprint density at radius 1 is 1.00 bits per heavy atom. The zero-order valence-electron chi connectivity index (χ0n) is 8.45. The maximum absolute atomic E-state index is 10.6. The van der Waals surface area contributed by atoms with E-state index in [0.717, 1.165) is 0 Å². The number of phenols is 1. The molecule has 5 nitrogen and oxygen atoms in total. The minimum absolute atomic E-state index is 0.0316. The summed E-state index contributed by atoms with van der Waals surface area (Å²) in [5.41, 5.74) is 0. The summed E-state index contributed by atoms with van der Waals surface area (Å²) in [5.74, 6) is -0.256. The average Bonchev–Trinajstić information content (AvgIpc) is 2.27. The lowest BCUT2D eigenvalue weighted by atomic mass is 10.3. The average molecular weight is 534 g/mol. The van der Waals surface area contributed by atoms with Gasteiger partial charge in [0.25, 0.3) is 10.1 Å². The normalized spacial score (nSPS) is 11.6. The molecule has 102 valence electrons. The van der Waals surface area contributed by atoms with Crippen LogP contribution in [0.4, 0.5) is 0 Å². The maximum Gasteiger partial charge on any atom is 0.268 e. The number of benzene rings is 1. The fraction of sp³-hybridized carbons (Fsp3) is 0.250. The van der Waals surface area contributed by atoms with Gasteiger partial charge in [0.2, 0.25) is 0 Å². The van der Waals surface area contributed by atoms with Crippen molar-refractivity contribution in [1.82, 2.24) is 0 Å². The second-order valence-corrected chi connectivity index (χ2v) is 7.81. The van der Waals surface area contributed by atoms with Gasteiger partial charge in [0, 0.05) is 0 Å². The lowest BCUT2D eigenvalue weighted by Crippen LogP contribution is -2.13. The van der Waals surface area contributed by atoms with Crippen molar-refractivity contribution < 1.29 is 22.8 Å². The first-order chi connectivity index (χ1) is 8.15. The van der Waals surface area contributed by atoms with Gasteiger partial charge >= 0.3 is 0 Å². The molecule has 0 radical (unpaired) electrons. The van der Waals surface area contributed by atoms with Crippen molar-refractivity contribution in [3.63, 3.8) is 0 Å². The number of hydrogen-bond donors (Lipinski definition) is 2. The summed E-state index contributed by atoms with van der Waals surface area (Å²) in [6.07, 6.45) is 0. The molecule has 0 saturated carbocycles. The van der Waals surface area contributed by atoms with E-state index in [0.29, 0.717) is 23.6 Å². The van der Waals surface area contributed by atoms with Crippen molar-refractivity contribution >= 4 is 73.8 Å². The summed E-state index contributed by atoms with van der Waals surface area (Å²) in [6.45, 7) is -0.223. The molecule has 0 aliphatic carbocycles. The molecule has 1 aromatic rings. The van der Waals surface area contributed by atoms with Gasteiger partial charge in [0.15, 0.2) is 0 Å². The third-order valence-electron chi connectivity index (χ3n) is 1.79. The van der Waals surface area contributed by atoms with Crippen molar-refractivity contribution in [2.75, 3.05) is 12.4 Å². The van der Waals surface area contributed by atoms with Gasteiger partial charge in [0.1, 0.15) is 23.9 Å². The summed E-state index contributed by atoms with van der Waals surface area (Å²) in [4.78, 5) is 0. The van der Waals surface area contributed by atoms with E-state index in [-0.39, 0.29) is 12.4 Å². The van der Waals surface area contributed by atoms with E-state index in [1.807, 2.05) is 0 Å². The van der Waals surface area contributed by atoms with Gasteiger partial charge < -0.3 is 9.84 Å². The Balaban J connectivity index is 3.03. The Morgan fingerprint density at radius 3 is 1.83 bits per heavy atom. The number of aromatic hydroxyl groups is 1. The number of halogens is 4. The van der Waals surface area contributed by atoms with Gasteiger partial charge in [-0.1, -0.05) is 0 Å². The van der Waals surface area contributed by atoms with Crippen molar-refractivity contribution in [1.29, 1.82) is 0 Å². The summed E-state index contributed by atoms with van der Waals surface area (Å²) in [6, 6.07) is 0. The lowest BCUT2D eigenvalue weighted by molar-refractivity contribution is 0.330. The highest BCUT2D eigenvalue weighted by Gasteiger charge is 2.20. The molecule has 0 bridgehead atoms. The molecule has 0 atom stereocenters. The Bertz CT molecular complexity index is 542. The van der Waals surface area contributed by atoms with Crippen LogP contribution in [0.1, 0.15) is 0 Å². The molecule has 0 aromatic heterocycles. The second-order valence-electron chi connectivity index (χ2n) is 3.07. The maximum atomic E-state index is 10.6. The summed E-state index contributed by atoms with van der Waals surface area (Å²) in [5, 5.41) is 9.70. The summed E-state index contributed by atoms with van der Waals surface area (Å²) < 4.78 is 36.6. The number of phenolic OH excluding ortho intramolecular Hbond substituents is 1. The molecule has 10 heteroatoms. The van der Waals surface area contributed by atoms with Crippen LogP contribution in [0.2, 0.25) is 0 Å². The molecule has 1 aromatic carbocycles. The van der Waals surface area contributed by atoms with Crippen LogP contribution >= 0.6 is 63.7 Å². The second kappa shape index (κ2) is 6.40. The zero-order valence-corrected chi connectivity index (χ0v) is 15.6. The summed E-state index contributed by atoms with van der Waals surface area (Å²) in [7, 11) is -4.08. The van der Waals surface area contributed by atoms with Crippen LogP contribution in [-0.4, -0.2) is 30.4 Å². The largest absolute Gasteiger partial charge is 0.505 e. The minimum atomic E-state index is -4.08. The molecule has 0 spiro atoms. The predicted octanol–water partition coefficient (Wildman–Crippen LogP) is 3.71. The Kier molecular flexibility index (Phi) is 5.94. The van der Waals surface area contributed by atoms with E-state index in [9.17, 15) is 13.5 Å². The van der Waals surface area contributed by atoms with Crippen LogP contribution in [0.5, 0.6) is 11.5 Å². The van der Waals surface area contributed by atoms with E-state index < -0.39 is 15.9 Å². The van der Waals surface area contributed by atoms with Crippen molar-refractivity contribution in [2.24, 2.45) is 0 Å².